The fourth-order valence-electron chi connectivity index (χ4n) is 2.19. The minimum absolute atomic E-state index is 0.120. The molecule has 1 aromatic rings. The molecule has 0 spiro atoms. The number of benzene rings is 1. The van der Waals surface area contributed by atoms with Crippen molar-refractivity contribution in [2.24, 2.45) is 0 Å². The molecule has 2 rings (SSSR count). The van der Waals surface area contributed by atoms with Gasteiger partial charge in [0.2, 0.25) is 0 Å². The summed E-state index contributed by atoms with van der Waals surface area (Å²) in [6.07, 6.45) is -0.550. The number of nitriles is 1. The summed E-state index contributed by atoms with van der Waals surface area (Å²) in [5.41, 5.74) is 7.92. The minimum Gasteiger partial charge on any atom is -0.397 e. The Morgan fingerprint density at radius 1 is 1.55 bits per heavy atom. The van der Waals surface area contributed by atoms with Gasteiger partial charge in [0.05, 0.1) is 30.6 Å². The first-order chi connectivity index (χ1) is 9.52. The summed E-state index contributed by atoms with van der Waals surface area (Å²) in [5, 5.41) is 8.86. The first kappa shape index (κ1) is 14.2. The van der Waals surface area contributed by atoms with Crippen LogP contribution in [0.1, 0.15) is 10.4 Å². The number of rotatable bonds is 2. The molecule has 6 heteroatoms. The van der Waals surface area contributed by atoms with E-state index in [0.717, 1.165) is 5.69 Å². The lowest BCUT2D eigenvalue weighted by Crippen LogP contribution is -2.45. The molecule has 20 heavy (non-hydrogen) atoms. The van der Waals surface area contributed by atoms with Gasteiger partial charge in [-0.1, -0.05) is 0 Å². The van der Waals surface area contributed by atoms with E-state index >= 15 is 0 Å². The van der Waals surface area contributed by atoms with Crippen molar-refractivity contribution in [1.29, 1.82) is 5.26 Å². The summed E-state index contributed by atoms with van der Waals surface area (Å²) in [7, 11) is 3.79. The minimum atomic E-state index is -0.550. The number of nitrogens with zero attached hydrogens (tertiary/aromatic N) is 3. The van der Waals surface area contributed by atoms with Crippen LogP contribution in [0.4, 0.5) is 11.4 Å². The van der Waals surface area contributed by atoms with E-state index in [2.05, 4.69) is 0 Å². The molecule has 1 aromatic carbocycles. The van der Waals surface area contributed by atoms with E-state index in [4.69, 9.17) is 15.7 Å². The maximum atomic E-state index is 12.4. The molecular formula is C14H18N4O2. The number of ether oxygens (including phenoxy) is 1. The highest BCUT2D eigenvalue weighted by Crippen LogP contribution is 2.23. The number of nitrogens with two attached hydrogens (primary N) is 1. The Morgan fingerprint density at radius 3 is 2.90 bits per heavy atom. The van der Waals surface area contributed by atoms with Crippen molar-refractivity contribution in [2.45, 2.75) is 6.10 Å². The molecule has 2 N–H and O–H groups in total. The van der Waals surface area contributed by atoms with Gasteiger partial charge >= 0.3 is 0 Å². The molecule has 1 aliphatic heterocycles. The van der Waals surface area contributed by atoms with E-state index < -0.39 is 6.10 Å². The van der Waals surface area contributed by atoms with Gasteiger partial charge in [-0.15, -0.1) is 0 Å². The van der Waals surface area contributed by atoms with Crippen molar-refractivity contribution >= 4 is 17.3 Å². The molecule has 1 atom stereocenters. The smallest absolute Gasteiger partial charge is 0.254 e. The first-order valence-electron chi connectivity index (χ1n) is 6.40. The molecule has 1 heterocycles. The van der Waals surface area contributed by atoms with Gasteiger partial charge in [-0.2, -0.15) is 5.26 Å². The molecule has 1 saturated heterocycles. The Morgan fingerprint density at radius 2 is 2.30 bits per heavy atom. The summed E-state index contributed by atoms with van der Waals surface area (Å²) in [6, 6.07) is 7.28. The zero-order chi connectivity index (χ0) is 14.7. The number of amides is 1. The van der Waals surface area contributed by atoms with E-state index in [1.165, 1.54) is 0 Å². The van der Waals surface area contributed by atoms with E-state index in [1.54, 1.807) is 17.0 Å². The van der Waals surface area contributed by atoms with Crippen LogP contribution in [0.15, 0.2) is 18.2 Å². The van der Waals surface area contributed by atoms with E-state index in [1.807, 2.05) is 31.1 Å². The Labute approximate surface area is 118 Å². The van der Waals surface area contributed by atoms with Crippen molar-refractivity contribution in [3.63, 3.8) is 0 Å². The van der Waals surface area contributed by atoms with Crippen LogP contribution in [-0.2, 0) is 4.74 Å². The van der Waals surface area contributed by atoms with Crippen molar-refractivity contribution in [3.05, 3.63) is 23.8 Å². The van der Waals surface area contributed by atoms with Crippen molar-refractivity contribution < 1.29 is 9.53 Å². The third-order valence-corrected chi connectivity index (χ3v) is 3.25. The molecule has 0 bridgehead atoms. The lowest BCUT2D eigenvalue weighted by atomic mass is 10.1. The normalized spacial score (nSPS) is 18.4. The fourth-order valence-corrected chi connectivity index (χ4v) is 2.19. The number of carbonyl (C=O) groups is 1. The van der Waals surface area contributed by atoms with Gasteiger partial charge in [-0.25, -0.2) is 0 Å². The van der Waals surface area contributed by atoms with Gasteiger partial charge in [0.25, 0.3) is 5.91 Å². The van der Waals surface area contributed by atoms with E-state index in [9.17, 15) is 4.79 Å². The molecule has 1 aliphatic rings. The quantitative estimate of drug-likeness (QED) is 0.803. The fraction of sp³-hybridized carbons (Fsp3) is 0.429. The second-order valence-electron chi connectivity index (χ2n) is 4.91. The Balaban J connectivity index is 2.17. The SMILES string of the molecule is CN(C)c1ccc(C(=O)N2CCOC(C#N)C2)cc1N. The summed E-state index contributed by atoms with van der Waals surface area (Å²) >= 11 is 0. The number of hydrogen-bond acceptors (Lipinski definition) is 5. The summed E-state index contributed by atoms with van der Waals surface area (Å²) < 4.78 is 5.23. The Hall–Kier alpha value is -2.26. The molecule has 1 amide bonds. The third kappa shape index (κ3) is 2.83. The second kappa shape index (κ2) is 5.80. The maximum Gasteiger partial charge on any atom is 0.254 e. The maximum absolute atomic E-state index is 12.4. The number of morpholine rings is 1. The highest BCUT2D eigenvalue weighted by Gasteiger charge is 2.25. The predicted molar refractivity (Wildman–Crippen MR) is 76.4 cm³/mol. The van der Waals surface area contributed by atoms with Gasteiger partial charge < -0.3 is 20.3 Å². The number of carbonyl (C=O) groups excluding carboxylic acids is 1. The molecule has 1 unspecified atom stereocenters. The molecule has 0 aliphatic carbocycles. The van der Waals surface area contributed by atoms with E-state index in [-0.39, 0.29) is 5.91 Å². The van der Waals surface area contributed by atoms with Crippen LogP contribution in [0.3, 0.4) is 0 Å². The van der Waals surface area contributed by atoms with Gasteiger partial charge in [0, 0.05) is 26.2 Å². The van der Waals surface area contributed by atoms with Crippen LogP contribution in [0.5, 0.6) is 0 Å². The van der Waals surface area contributed by atoms with Crippen LogP contribution in [0.25, 0.3) is 0 Å². The van der Waals surface area contributed by atoms with E-state index in [0.29, 0.717) is 30.9 Å². The molecule has 0 radical (unpaired) electrons. The number of hydrogen-bond donors (Lipinski definition) is 1. The lowest BCUT2D eigenvalue weighted by molar-refractivity contribution is 0.00347. The van der Waals surface area contributed by atoms with Crippen LogP contribution >= 0.6 is 0 Å². The highest BCUT2D eigenvalue weighted by molar-refractivity contribution is 5.96. The topological polar surface area (TPSA) is 82.6 Å². The summed E-state index contributed by atoms with van der Waals surface area (Å²) in [4.78, 5) is 15.9. The van der Waals surface area contributed by atoms with Crippen LogP contribution in [0, 0.1) is 11.3 Å². The summed E-state index contributed by atoms with van der Waals surface area (Å²) in [5.74, 6) is -0.120. The van der Waals surface area contributed by atoms with Gasteiger partial charge in [0.15, 0.2) is 6.10 Å². The molecule has 106 valence electrons. The molecular weight excluding hydrogens is 256 g/mol. The van der Waals surface area contributed by atoms with Gasteiger partial charge in [-0.3, -0.25) is 4.79 Å². The van der Waals surface area contributed by atoms with Crippen molar-refractivity contribution in [2.75, 3.05) is 44.4 Å². The number of anilines is 2. The number of nitrogen functional groups attached to an aromatic ring is 1. The molecule has 6 nitrogen and oxygen atoms in total. The van der Waals surface area contributed by atoms with Crippen LogP contribution in [0.2, 0.25) is 0 Å². The average molecular weight is 274 g/mol. The highest BCUT2D eigenvalue weighted by atomic mass is 16.5. The largest absolute Gasteiger partial charge is 0.397 e. The third-order valence-electron chi connectivity index (χ3n) is 3.25. The second-order valence-corrected chi connectivity index (χ2v) is 4.91. The van der Waals surface area contributed by atoms with Crippen molar-refractivity contribution in [1.82, 2.24) is 4.90 Å². The standard InChI is InChI=1S/C14H18N4O2/c1-17(2)13-4-3-10(7-12(13)16)14(19)18-5-6-20-11(8-15)9-18/h3-4,7,11H,5-6,9,16H2,1-2H3. The monoisotopic (exact) mass is 274 g/mol. The zero-order valence-electron chi connectivity index (χ0n) is 11.7. The predicted octanol–water partition coefficient (Wildman–Crippen LogP) is 0.699. The molecule has 1 fully saturated rings. The zero-order valence-corrected chi connectivity index (χ0v) is 11.7. The Kier molecular flexibility index (Phi) is 4.11. The first-order valence-corrected chi connectivity index (χ1v) is 6.40. The van der Waals surface area contributed by atoms with Crippen LogP contribution < -0.4 is 10.6 Å². The lowest BCUT2D eigenvalue weighted by Gasteiger charge is -2.30. The molecule has 0 saturated carbocycles. The van der Waals surface area contributed by atoms with Crippen LogP contribution in [-0.4, -0.2) is 50.7 Å². The van der Waals surface area contributed by atoms with Gasteiger partial charge in [0.1, 0.15) is 0 Å². The van der Waals surface area contributed by atoms with Crippen molar-refractivity contribution in [3.8, 4) is 6.07 Å². The Bertz CT molecular complexity index is 551. The average Bonchev–Trinajstić information content (AvgIpc) is 2.46. The molecule has 0 aromatic heterocycles. The summed E-state index contributed by atoms with van der Waals surface area (Å²) in [6.45, 7) is 1.17. The van der Waals surface area contributed by atoms with Gasteiger partial charge in [-0.05, 0) is 18.2 Å².